The van der Waals surface area contributed by atoms with Crippen LogP contribution in [0.2, 0.25) is 0 Å². The molecule has 0 aromatic rings. The number of nitrogens with one attached hydrogen (secondary N) is 2. The summed E-state index contributed by atoms with van der Waals surface area (Å²) in [5.74, 6) is 0.953. The first kappa shape index (κ1) is 14.8. The maximum absolute atomic E-state index is 12.1. The second-order valence-electron chi connectivity index (χ2n) is 6.69. The first-order valence-corrected chi connectivity index (χ1v) is 7.72. The predicted molar refractivity (Wildman–Crippen MR) is 78.1 cm³/mol. The third-order valence-electron chi connectivity index (χ3n) is 4.98. The molecule has 19 heavy (non-hydrogen) atoms. The number of nitrogens with zero attached hydrogens (tertiary/aromatic N) is 1. The summed E-state index contributed by atoms with van der Waals surface area (Å²) in [6.45, 7) is 4.10. The van der Waals surface area contributed by atoms with E-state index in [1.807, 2.05) is 0 Å². The van der Waals surface area contributed by atoms with Gasteiger partial charge in [-0.1, -0.05) is 19.8 Å². The van der Waals surface area contributed by atoms with E-state index in [2.05, 4.69) is 36.6 Å². The summed E-state index contributed by atoms with van der Waals surface area (Å²) in [6.07, 6.45) is 7.09. The Morgan fingerprint density at radius 2 is 2.16 bits per heavy atom. The molecule has 1 heterocycles. The fourth-order valence-corrected chi connectivity index (χ4v) is 3.64. The van der Waals surface area contributed by atoms with Crippen molar-refractivity contribution in [1.82, 2.24) is 15.5 Å². The molecule has 3 atom stereocenters. The maximum atomic E-state index is 12.1. The summed E-state index contributed by atoms with van der Waals surface area (Å²) >= 11 is 0. The lowest BCUT2D eigenvalue weighted by atomic mass is 9.75. The topological polar surface area (TPSA) is 44.4 Å². The Morgan fingerprint density at radius 3 is 2.74 bits per heavy atom. The van der Waals surface area contributed by atoms with Crippen LogP contribution in [-0.2, 0) is 4.79 Å². The molecule has 2 N–H and O–H groups in total. The number of hydrogen-bond acceptors (Lipinski definition) is 3. The van der Waals surface area contributed by atoms with Crippen molar-refractivity contribution in [1.29, 1.82) is 0 Å². The lowest BCUT2D eigenvalue weighted by molar-refractivity contribution is -0.123. The summed E-state index contributed by atoms with van der Waals surface area (Å²) in [6, 6.07) is 0.0419. The molecular formula is C15H29N3O. The van der Waals surface area contributed by atoms with Gasteiger partial charge in [-0.2, -0.15) is 0 Å². The van der Waals surface area contributed by atoms with Gasteiger partial charge in [0.05, 0.1) is 6.04 Å². The highest BCUT2D eigenvalue weighted by molar-refractivity contribution is 5.82. The van der Waals surface area contributed by atoms with E-state index < -0.39 is 0 Å². The molecule has 0 spiro atoms. The standard InChI is InChI=1S/C15H29N3O/c1-12-6-4-8-15(10-12,18(2)3)11-17-14(19)13-7-5-9-16-13/h12-13,16H,4-11H2,1-3H3,(H,17,19). The summed E-state index contributed by atoms with van der Waals surface area (Å²) in [4.78, 5) is 14.5. The Kier molecular flexibility index (Phi) is 4.85. The first-order chi connectivity index (χ1) is 9.03. The van der Waals surface area contributed by atoms with Crippen molar-refractivity contribution in [2.45, 2.75) is 57.0 Å². The molecule has 2 aliphatic rings. The van der Waals surface area contributed by atoms with Gasteiger partial charge in [0.1, 0.15) is 0 Å². The zero-order valence-electron chi connectivity index (χ0n) is 12.7. The highest BCUT2D eigenvalue weighted by Gasteiger charge is 2.37. The number of amides is 1. The molecule has 1 saturated carbocycles. The van der Waals surface area contributed by atoms with E-state index in [9.17, 15) is 4.79 Å². The van der Waals surface area contributed by atoms with E-state index in [-0.39, 0.29) is 17.5 Å². The average molecular weight is 267 g/mol. The minimum atomic E-state index is 0.0419. The first-order valence-electron chi connectivity index (χ1n) is 7.72. The molecule has 1 aliphatic carbocycles. The van der Waals surface area contributed by atoms with Crippen LogP contribution in [0.4, 0.5) is 0 Å². The fourth-order valence-electron chi connectivity index (χ4n) is 3.64. The second kappa shape index (κ2) is 6.23. The lowest BCUT2D eigenvalue weighted by Gasteiger charge is -2.45. The third kappa shape index (κ3) is 3.48. The van der Waals surface area contributed by atoms with Gasteiger partial charge in [0.25, 0.3) is 0 Å². The normalized spacial score (nSPS) is 35.6. The van der Waals surface area contributed by atoms with E-state index in [1.165, 1.54) is 25.7 Å². The summed E-state index contributed by atoms with van der Waals surface area (Å²) < 4.78 is 0. The van der Waals surface area contributed by atoms with Gasteiger partial charge < -0.3 is 15.5 Å². The van der Waals surface area contributed by atoms with Gasteiger partial charge in [-0.25, -0.2) is 0 Å². The van der Waals surface area contributed by atoms with Crippen molar-refractivity contribution in [3.63, 3.8) is 0 Å². The number of carbonyl (C=O) groups is 1. The molecule has 0 aromatic heterocycles. The summed E-state index contributed by atoms with van der Waals surface area (Å²) in [5.41, 5.74) is 0.159. The maximum Gasteiger partial charge on any atom is 0.237 e. The van der Waals surface area contributed by atoms with Crippen molar-refractivity contribution in [3.05, 3.63) is 0 Å². The molecule has 2 rings (SSSR count). The minimum Gasteiger partial charge on any atom is -0.353 e. The summed E-state index contributed by atoms with van der Waals surface area (Å²) in [7, 11) is 4.30. The van der Waals surface area contributed by atoms with Gasteiger partial charge in [-0.15, -0.1) is 0 Å². The van der Waals surface area contributed by atoms with Crippen LogP contribution in [0.15, 0.2) is 0 Å². The number of carbonyl (C=O) groups excluding carboxylic acids is 1. The number of rotatable bonds is 4. The van der Waals surface area contributed by atoms with E-state index in [1.54, 1.807) is 0 Å². The van der Waals surface area contributed by atoms with Gasteiger partial charge in [0.2, 0.25) is 5.91 Å². The van der Waals surface area contributed by atoms with Crippen LogP contribution in [0.5, 0.6) is 0 Å². The molecule has 4 nitrogen and oxygen atoms in total. The van der Waals surface area contributed by atoms with Gasteiger partial charge in [-0.3, -0.25) is 4.79 Å². The lowest BCUT2D eigenvalue weighted by Crippen LogP contribution is -2.56. The minimum absolute atomic E-state index is 0.0419. The molecule has 0 aromatic carbocycles. The van der Waals surface area contributed by atoms with Gasteiger partial charge in [-0.05, 0) is 52.2 Å². The fraction of sp³-hybridized carbons (Fsp3) is 0.933. The van der Waals surface area contributed by atoms with Crippen molar-refractivity contribution < 1.29 is 4.79 Å². The van der Waals surface area contributed by atoms with Crippen molar-refractivity contribution in [2.75, 3.05) is 27.2 Å². The van der Waals surface area contributed by atoms with Crippen LogP contribution >= 0.6 is 0 Å². The summed E-state index contributed by atoms with van der Waals surface area (Å²) in [5, 5.41) is 6.46. The predicted octanol–water partition coefficient (Wildman–Crippen LogP) is 1.37. The van der Waals surface area contributed by atoms with Crippen LogP contribution < -0.4 is 10.6 Å². The highest BCUT2D eigenvalue weighted by atomic mass is 16.2. The van der Waals surface area contributed by atoms with E-state index in [0.717, 1.165) is 31.8 Å². The molecule has 0 radical (unpaired) electrons. The van der Waals surface area contributed by atoms with E-state index >= 15 is 0 Å². The van der Waals surface area contributed by atoms with Crippen LogP contribution in [0.25, 0.3) is 0 Å². The van der Waals surface area contributed by atoms with Crippen molar-refractivity contribution >= 4 is 5.91 Å². The average Bonchev–Trinajstić information content (AvgIpc) is 2.89. The molecule has 3 unspecified atom stereocenters. The quantitative estimate of drug-likeness (QED) is 0.808. The SMILES string of the molecule is CC1CCCC(CNC(=O)C2CCCN2)(N(C)C)C1. The largest absolute Gasteiger partial charge is 0.353 e. The Labute approximate surface area is 117 Å². The van der Waals surface area contributed by atoms with E-state index in [0.29, 0.717) is 0 Å². The van der Waals surface area contributed by atoms with E-state index in [4.69, 9.17) is 0 Å². The van der Waals surface area contributed by atoms with Gasteiger partial charge in [0.15, 0.2) is 0 Å². The van der Waals surface area contributed by atoms with Crippen LogP contribution in [0, 0.1) is 5.92 Å². The monoisotopic (exact) mass is 267 g/mol. The smallest absolute Gasteiger partial charge is 0.237 e. The molecule has 0 bridgehead atoms. The Bertz CT molecular complexity index is 313. The Morgan fingerprint density at radius 1 is 1.37 bits per heavy atom. The number of likely N-dealkylation sites (N-methyl/N-ethyl adjacent to an activating group) is 1. The Balaban J connectivity index is 1.91. The molecule has 4 heteroatoms. The van der Waals surface area contributed by atoms with Gasteiger partial charge in [0, 0.05) is 12.1 Å². The van der Waals surface area contributed by atoms with Gasteiger partial charge >= 0.3 is 0 Å². The van der Waals surface area contributed by atoms with Crippen LogP contribution in [0.1, 0.15) is 45.4 Å². The zero-order chi connectivity index (χ0) is 13.9. The molecule has 1 saturated heterocycles. The zero-order valence-corrected chi connectivity index (χ0v) is 12.7. The molecular weight excluding hydrogens is 238 g/mol. The molecule has 110 valence electrons. The van der Waals surface area contributed by atoms with Crippen LogP contribution in [0.3, 0.4) is 0 Å². The van der Waals surface area contributed by atoms with Crippen LogP contribution in [-0.4, -0.2) is 49.6 Å². The van der Waals surface area contributed by atoms with Crippen molar-refractivity contribution in [2.24, 2.45) is 5.92 Å². The molecule has 1 amide bonds. The third-order valence-corrected chi connectivity index (χ3v) is 4.98. The molecule has 1 aliphatic heterocycles. The second-order valence-corrected chi connectivity index (χ2v) is 6.69. The molecule has 2 fully saturated rings. The highest BCUT2D eigenvalue weighted by Crippen LogP contribution is 2.35. The number of hydrogen-bond donors (Lipinski definition) is 2. The van der Waals surface area contributed by atoms with Crippen molar-refractivity contribution in [3.8, 4) is 0 Å². The Hall–Kier alpha value is -0.610.